The molecule has 0 atom stereocenters. The zero-order valence-corrected chi connectivity index (χ0v) is 5.60. The lowest BCUT2D eigenvalue weighted by atomic mass is 10.3. The van der Waals surface area contributed by atoms with E-state index in [0.717, 1.165) is 0 Å². The second-order valence-electron chi connectivity index (χ2n) is 1.59. The molecule has 0 heterocycles. The van der Waals surface area contributed by atoms with Gasteiger partial charge in [-0.3, -0.25) is 10.1 Å². The third-order valence-electron chi connectivity index (χ3n) is 0.967. The summed E-state index contributed by atoms with van der Waals surface area (Å²) in [4.78, 5) is 9.59. The number of nitro groups is 1. The number of diazo groups is 1. The molecule has 5 heteroatoms. The van der Waals surface area contributed by atoms with Gasteiger partial charge in [-0.15, -0.1) is 0 Å². The Labute approximate surface area is 62.8 Å². The summed E-state index contributed by atoms with van der Waals surface area (Å²) in [5, 5.41) is 21.0. The molecule has 0 saturated heterocycles. The van der Waals surface area contributed by atoms with Gasteiger partial charge >= 0.3 is 0 Å². The molecule has 56 valence electrons. The van der Waals surface area contributed by atoms with Crippen LogP contribution in [-0.2, 0) is 0 Å². The monoisotopic (exact) mass is 152 g/mol. The lowest BCUT2D eigenvalue weighted by Gasteiger charge is -1.85. The number of benzene rings is 1. The zero-order chi connectivity index (χ0) is 8.69. The summed E-state index contributed by atoms with van der Waals surface area (Å²) in [6.45, 7) is 0. The van der Waals surface area contributed by atoms with Crippen LogP contribution in [0.5, 0.6) is 0 Å². The average Bonchev–Trinajstić information content (AvgIpc) is 2.10. The van der Waals surface area contributed by atoms with Crippen LogP contribution < -0.4 is 5.39 Å². The molecule has 1 N–H and O–H groups in total. The molecule has 0 aliphatic heterocycles. The summed E-state index contributed by atoms with van der Waals surface area (Å²) in [7, 11) is 0. The predicted molar refractivity (Wildman–Crippen MR) is 35.8 cm³/mol. The maximum atomic E-state index is 10.0. The second-order valence-corrected chi connectivity index (χ2v) is 1.59. The highest BCUT2D eigenvalue weighted by molar-refractivity contribution is 5.27. The molecule has 5 nitrogen and oxygen atoms in total. The van der Waals surface area contributed by atoms with Gasteiger partial charge in [0.25, 0.3) is 5.69 Å². The van der Waals surface area contributed by atoms with Gasteiger partial charge in [0.15, 0.2) is 0 Å². The fourth-order valence-corrected chi connectivity index (χ4v) is 0.550. The summed E-state index contributed by atoms with van der Waals surface area (Å²) in [5.41, 5.74) is 0.137. The molecule has 0 aliphatic rings. The van der Waals surface area contributed by atoms with Crippen molar-refractivity contribution in [3.05, 3.63) is 40.4 Å². The SMILES string of the molecule is N#[NH+].O=[N+]([O-])c1ccccc1. The summed E-state index contributed by atoms with van der Waals surface area (Å²) in [6.07, 6.45) is 0. The summed E-state index contributed by atoms with van der Waals surface area (Å²) < 4.78 is 0. The average molecular weight is 152 g/mol. The van der Waals surface area contributed by atoms with E-state index in [9.17, 15) is 10.1 Å². The lowest BCUT2D eigenvalue weighted by molar-refractivity contribution is -0.384. The van der Waals surface area contributed by atoms with Gasteiger partial charge in [-0.1, -0.05) is 18.2 Å². The van der Waals surface area contributed by atoms with Crippen molar-refractivity contribution in [2.45, 2.75) is 0 Å². The van der Waals surface area contributed by atoms with E-state index in [2.05, 4.69) is 0 Å². The fraction of sp³-hybridized carbons (Fsp3) is 0. The van der Waals surface area contributed by atoms with Crippen molar-refractivity contribution in [3.63, 3.8) is 0 Å². The molecule has 0 amide bonds. The van der Waals surface area contributed by atoms with Gasteiger partial charge in [0, 0.05) is 12.1 Å². The van der Waals surface area contributed by atoms with Gasteiger partial charge in [-0.2, -0.15) is 0 Å². The Kier molecular flexibility index (Phi) is 4.01. The number of non-ortho nitro benzene ring substituents is 1. The van der Waals surface area contributed by atoms with E-state index in [1.54, 1.807) is 18.2 Å². The Morgan fingerprint density at radius 2 is 1.73 bits per heavy atom. The first-order valence-corrected chi connectivity index (χ1v) is 2.72. The number of rotatable bonds is 1. The highest BCUT2D eigenvalue weighted by Crippen LogP contribution is 2.06. The largest absolute Gasteiger partial charge is 0.269 e. The van der Waals surface area contributed by atoms with Crippen LogP contribution in [0.15, 0.2) is 30.3 Å². The van der Waals surface area contributed by atoms with E-state index >= 15 is 0 Å². The van der Waals surface area contributed by atoms with E-state index in [0.29, 0.717) is 0 Å². The fourth-order valence-electron chi connectivity index (χ4n) is 0.550. The van der Waals surface area contributed by atoms with Crippen LogP contribution in [0.25, 0.3) is 0 Å². The molecular formula is C6H6N3O2+. The standard InChI is InChI=1S/C6H5NO2.N2/c8-7(9)6-4-2-1-3-5-6;1-2/h1-5H;/p+1. The number of nitrogens with one attached hydrogen (secondary N) is 1. The van der Waals surface area contributed by atoms with Crippen LogP contribution in [-0.4, -0.2) is 4.92 Å². The summed E-state index contributed by atoms with van der Waals surface area (Å²) >= 11 is 0. The number of nitrogens with zero attached hydrogens (tertiary/aromatic N) is 2. The van der Waals surface area contributed by atoms with E-state index < -0.39 is 4.92 Å². The number of hydrogen-bond donors (Lipinski definition) is 1. The third kappa shape index (κ3) is 2.91. The Bertz CT molecular complexity index is 245. The number of para-hydroxylation sites is 1. The first-order chi connectivity index (χ1) is 5.30. The van der Waals surface area contributed by atoms with Crippen LogP contribution in [0.2, 0.25) is 0 Å². The number of hydrogen-bond acceptors (Lipinski definition) is 3. The molecule has 11 heavy (non-hydrogen) atoms. The third-order valence-corrected chi connectivity index (χ3v) is 0.967. The smallest absolute Gasteiger partial charge is 0.258 e. The molecule has 0 saturated carbocycles. The van der Waals surface area contributed by atoms with Gasteiger partial charge in [0.1, 0.15) is 0 Å². The molecule has 1 aromatic rings. The first-order valence-electron chi connectivity index (χ1n) is 2.72. The minimum absolute atomic E-state index is 0.137. The van der Waals surface area contributed by atoms with Gasteiger partial charge in [-0.25, -0.2) is 0 Å². The molecule has 1 rings (SSSR count). The van der Waals surface area contributed by atoms with E-state index in [1.165, 1.54) is 12.1 Å². The van der Waals surface area contributed by atoms with Gasteiger partial charge in [0.05, 0.1) is 10.3 Å². The summed E-state index contributed by atoms with van der Waals surface area (Å²) in [5.74, 6) is 0. The quantitative estimate of drug-likeness (QED) is 0.345. The molecule has 1 aromatic carbocycles. The van der Waals surface area contributed by atoms with Crippen LogP contribution in [0.4, 0.5) is 5.69 Å². The normalized spacial score (nSPS) is 7.45. The molecule has 0 fully saturated rings. The van der Waals surface area contributed by atoms with Crippen molar-refractivity contribution >= 4 is 5.69 Å². The zero-order valence-electron chi connectivity index (χ0n) is 5.60. The van der Waals surface area contributed by atoms with Crippen LogP contribution >= 0.6 is 0 Å². The Hall–Kier alpha value is -1.96. The maximum absolute atomic E-state index is 10.0. The molecule has 0 aliphatic carbocycles. The number of nitro benzene ring substituents is 1. The van der Waals surface area contributed by atoms with E-state index in [4.69, 9.17) is 10.8 Å². The Balaban J connectivity index is 0.000000461. The highest BCUT2D eigenvalue weighted by Gasteiger charge is 1.98. The van der Waals surface area contributed by atoms with Crippen molar-refractivity contribution < 1.29 is 10.3 Å². The van der Waals surface area contributed by atoms with Gasteiger partial charge in [0.2, 0.25) is 5.39 Å². The second kappa shape index (κ2) is 4.88. The Morgan fingerprint density at radius 1 is 1.27 bits per heavy atom. The molecule has 0 radical (unpaired) electrons. The molecule has 0 spiro atoms. The van der Waals surface area contributed by atoms with Crippen molar-refractivity contribution in [2.75, 3.05) is 0 Å². The summed E-state index contributed by atoms with van der Waals surface area (Å²) in [6, 6.07) is 7.93. The Morgan fingerprint density at radius 3 is 2.00 bits per heavy atom. The van der Waals surface area contributed by atoms with Crippen LogP contribution in [0, 0.1) is 15.5 Å². The maximum Gasteiger partial charge on any atom is 0.269 e. The minimum atomic E-state index is -0.417. The van der Waals surface area contributed by atoms with Crippen molar-refractivity contribution in [3.8, 4) is 0 Å². The molecule has 0 bridgehead atoms. The minimum Gasteiger partial charge on any atom is -0.258 e. The molecular weight excluding hydrogens is 146 g/mol. The van der Waals surface area contributed by atoms with Gasteiger partial charge in [-0.05, 0) is 0 Å². The van der Waals surface area contributed by atoms with E-state index in [-0.39, 0.29) is 5.69 Å². The van der Waals surface area contributed by atoms with Crippen LogP contribution in [0.1, 0.15) is 0 Å². The van der Waals surface area contributed by atoms with Crippen molar-refractivity contribution in [1.82, 2.24) is 0 Å². The van der Waals surface area contributed by atoms with E-state index in [1.807, 2.05) is 0 Å². The molecule has 0 unspecified atom stereocenters. The molecule has 0 aromatic heterocycles. The van der Waals surface area contributed by atoms with Crippen molar-refractivity contribution in [2.24, 2.45) is 0 Å². The predicted octanol–water partition coefficient (Wildman–Crippen LogP) is -0.126. The van der Waals surface area contributed by atoms with Crippen LogP contribution in [0.3, 0.4) is 0 Å². The topological polar surface area (TPSA) is 90.7 Å². The van der Waals surface area contributed by atoms with Crippen molar-refractivity contribution in [1.29, 1.82) is 5.39 Å². The van der Waals surface area contributed by atoms with Gasteiger partial charge < -0.3 is 0 Å². The lowest BCUT2D eigenvalue weighted by Crippen LogP contribution is -2.11. The highest BCUT2D eigenvalue weighted by atomic mass is 16.6. The first kappa shape index (κ1) is 9.04.